The quantitative estimate of drug-likeness (QED) is 0.537. The topological polar surface area (TPSA) is 41.6 Å². The minimum Gasteiger partial charge on any atom is -0.265 e. The Morgan fingerprint density at radius 3 is 3.00 bits per heavy atom. The summed E-state index contributed by atoms with van der Waals surface area (Å²) in [4.78, 5) is 0. The molecule has 0 atom stereocenters. The second-order valence-electron chi connectivity index (χ2n) is 1.04. The molecule has 0 unspecified atom stereocenters. The van der Waals surface area contributed by atoms with Crippen LogP contribution in [-0.2, 0) is 0 Å². The smallest absolute Gasteiger partial charge is 0.112 e. The van der Waals surface area contributed by atoms with Crippen molar-refractivity contribution in [3.63, 3.8) is 0 Å². The number of aromatic nitrogens is 3. The average Bonchev–Trinajstić information content (AvgIpc) is 2.14. The van der Waals surface area contributed by atoms with Gasteiger partial charge in [-0.2, -0.15) is 0 Å². The number of nitrogens with one attached hydrogen (secondary N) is 1. The number of hydrogen-bond donors (Lipinski definition) is 1. The Balaban J connectivity index is 2.96. The van der Waals surface area contributed by atoms with Crippen LogP contribution in [0.25, 0.3) is 0 Å². The summed E-state index contributed by atoms with van der Waals surface area (Å²) < 4.78 is 0. The van der Waals surface area contributed by atoms with Gasteiger partial charge in [0.2, 0.25) is 0 Å². The number of rotatable bonds is 1. The van der Waals surface area contributed by atoms with Gasteiger partial charge in [-0.1, -0.05) is 11.8 Å². The van der Waals surface area contributed by atoms with Crippen LogP contribution in [0.5, 0.6) is 0 Å². The minimum absolute atomic E-state index is 0.653. The van der Waals surface area contributed by atoms with E-state index in [1.807, 2.05) is 0 Å². The molecule has 0 spiro atoms. The van der Waals surface area contributed by atoms with Crippen LogP contribution in [-0.4, -0.2) is 15.4 Å². The molecule has 1 rings (SSSR count). The summed E-state index contributed by atoms with van der Waals surface area (Å²) >= 11 is 0. The van der Waals surface area contributed by atoms with Gasteiger partial charge in [-0.15, -0.1) is 5.10 Å². The standard InChI is InChI=1S/C4H4N3/c1-2-4-3-5-7-6-4/h3H,1H2,(H,5,6,7). The van der Waals surface area contributed by atoms with Crippen LogP contribution in [0.3, 0.4) is 0 Å². The summed E-state index contributed by atoms with van der Waals surface area (Å²) in [5.41, 5.74) is 0.653. The molecule has 0 aromatic carbocycles. The molecule has 3 heteroatoms. The number of H-pyrrole nitrogens is 1. The first-order valence-electron chi connectivity index (χ1n) is 1.83. The molecule has 0 amide bonds. The lowest BCUT2D eigenvalue weighted by Gasteiger charge is -1.65. The van der Waals surface area contributed by atoms with E-state index in [1.54, 1.807) is 6.20 Å². The predicted octanol–water partition coefficient (Wildman–Crippen LogP) is 0.142. The van der Waals surface area contributed by atoms with Gasteiger partial charge in [0.05, 0.1) is 0 Å². The molecule has 0 aliphatic rings. The van der Waals surface area contributed by atoms with Crippen molar-refractivity contribution in [2.75, 3.05) is 0 Å². The van der Waals surface area contributed by atoms with Crippen molar-refractivity contribution < 1.29 is 0 Å². The largest absolute Gasteiger partial charge is 0.265 e. The number of aromatic amines is 1. The van der Waals surface area contributed by atoms with Crippen LogP contribution in [0, 0.1) is 6.08 Å². The highest BCUT2D eigenvalue weighted by Gasteiger charge is 1.81. The zero-order chi connectivity index (χ0) is 5.11. The average molecular weight is 94.1 g/mol. The molecule has 0 saturated carbocycles. The fourth-order valence-corrected chi connectivity index (χ4v) is 0.288. The first-order chi connectivity index (χ1) is 3.43. The molecule has 7 heavy (non-hydrogen) atoms. The van der Waals surface area contributed by atoms with E-state index in [-0.39, 0.29) is 0 Å². The highest BCUT2D eigenvalue weighted by molar-refractivity contribution is 5.00. The highest BCUT2D eigenvalue weighted by Crippen LogP contribution is 1.82. The van der Waals surface area contributed by atoms with Gasteiger partial charge in [-0.3, -0.25) is 5.10 Å². The summed E-state index contributed by atoms with van der Waals surface area (Å²) in [7, 11) is 0. The van der Waals surface area contributed by atoms with Crippen LogP contribution in [0.2, 0.25) is 0 Å². The third-order valence-corrected chi connectivity index (χ3v) is 0.598. The molecule has 1 aromatic heterocycles. The van der Waals surface area contributed by atoms with Crippen molar-refractivity contribution in [2.24, 2.45) is 0 Å². The van der Waals surface area contributed by atoms with Crippen LogP contribution in [0.4, 0.5) is 0 Å². The molecule has 0 saturated heterocycles. The number of nitrogens with zero attached hydrogens (tertiary/aromatic N) is 2. The lowest BCUT2D eigenvalue weighted by molar-refractivity contribution is 0.933. The van der Waals surface area contributed by atoms with Crippen molar-refractivity contribution in [2.45, 2.75) is 0 Å². The summed E-state index contributed by atoms with van der Waals surface area (Å²) in [6.45, 7) is 3.36. The van der Waals surface area contributed by atoms with E-state index < -0.39 is 0 Å². The molecular formula is C4H4N3. The van der Waals surface area contributed by atoms with Gasteiger partial charge in [0.15, 0.2) is 0 Å². The van der Waals surface area contributed by atoms with Crippen molar-refractivity contribution in [1.29, 1.82) is 0 Å². The van der Waals surface area contributed by atoms with E-state index in [0.717, 1.165) is 0 Å². The lowest BCUT2D eigenvalue weighted by atomic mass is 10.5. The minimum atomic E-state index is 0.653. The Labute approximate surface area is 41.1 Å². The van der Waals surface area contributed by atoms with Crippen LogP contribution < -0.4 is 0 Å². The fraction of sp³-hybridized carbons (Fsp3) is 0. The third-order valence-electron chi connectivity index (χ3n) is 0.598. The molecule has 1 aromatic rings. The second kappa shape index (κ2) is 1.55. The summed E-state index contributed by atoms with van der Waals surface area (Å²) in [5.74, 6) is 0. The fourth-order valence-electron chi connectivity index (χ4n) is 0.288. The van der Waals surface area contributed by atoms with Crippen LogP contribution in [0.1, 0.15) is 5.69 Å². The Morgan fingerprint density at radius 1 is 1.86 bits per heavy atom. The molecule has 0 fully saturated rings. The third kappa shape index (κ3) is 0.652. The Morgan fingerprint density at radius 2 is 2.71 bits per heavy atom. The van der Waals surface area contributed by atoms with Crippen LogP contribution in [0.15, 0.2) is 12.8 Å². The van der Waals surface area contributed by atoms with Crippen molar-refractivity contribution in [3.05, 3.63) is 24.5 Å². The molecule has 0 aliphatic heterocycles. The Kier molecular flexibility index (Phi) is 0.898. The monoisotopic (exact) mass is 94.0 g/mol. The Hall–Kier alpha value is -1.12. The zero-order valence-corrected chi connectivity index (χ0v) is 3.68. The van der Waals surface area contributed by atoms with E-state index in [1.165, 1.54) is 0 Å². The lowest BCUT2D eigenvalue weighted by Crippen LogP contribution is -1.69. The molecule has 35 valence electrons. The van der Waals surface area contributed by atoms with Gasteiger partial charge in [0, 0.05) is 12.3 Å². The van der Waals surface area contributed by atoms with Gasteiger partial charge in [-0.05, 0) is 0 Å². The van der Waals surface area contributed by atoms with Gasteiger partial charge in [-0.25, -0.2) is 0 Å². The van der Waals surface area contributed by atoms with E-state index in [0.29, 0.717) is 5.69 Å². The molecule has 3 nitrogen and oxygen atoms in total. The van der Waals surface area contributed by atoms with E-state index in [9.17, 15) is 0 Å². The van der Waals surface area contributed by atoms with Crippen molar-refractivity contribution >= 4 is 0 Å². The predicted molar refractivity (Wildman–Crippen MR) is 24.4 cm³/mol. The van der Waals surface area contributed by atoms with E-state index in [4.69, 9.17) is 0 Å². The summed E-state index contributed by atoms with van der Waals surface area (Å²) in [6, 6.07) is 0. The second-order valence-corrected chi connectivity index (χ2v) is 1.04. The molecule has 0 aliphatic carbocycles. The maximum absolute atomic E-state index is 3.56. The zero-order valence-electron chi connectivity index (χ0n) is 3.68. The Bertz CT molecular complexity index is 142. The normalized spacial score (nSPS) is 8.57. The molecule has 1 N–H and O–H groups in total. The van der Waals surface area contributed by atoms with Crippen LogP contribution >= 0.6 is 0 Å². The SMILES string of the molecule is C=[C]c1c[nH]nn1. The molecule has 1 heterocycles. The first kappa shape index (κ1) is 4.05. The van der Waals surface area contributed by atoms with E-state index >= 15 is 0 Å². The van der Waals surface area contributed by atoms with Gasteiger partial charge < -0.3 is 0 Å². The van der Waals surface area contributed by atoms with Crippen molar-refractivity contribution in [1.82, 2.24) is 15.4 Å². The maximum Gasteiger partial charge on any atom is 0.112 e. The van der Waals surface area contributed by atoms with Gasteiger partial charge >= 0.3 is 0 Å². The number of hydrogen-bond acceptors (Lipinski definition) is 2. The molecule has 1 radical (unpaired) electrons. The van der Waals surface area contributed by atoms with Gasteiger partial charge in [0.1, 0.15) is 5.69 Å². The van der Waals surface area contributed by atoms with Crippen molar-refractivity contribution in [3.8, 4) is 0 Å². The summed E-state index contributed by atoms with van der Waals surface area (Å²) in [6.07, 6.45) is 4.17. The van der Waals surface area contributed by atoms with E-state index in [2.05, 4.69) is 28.1 Å². The highest BCUT2D eigenvalue weighted by atomic mass is 15.3. The van der Waals surface area contributed by atoms with Gasteiger partial charge in [0.25, 0.3) is 0 Å². The maximum atomic E-state index is 3.56. The molecule has 0 bridgehead atoms. The first-order valence-corrected chi connectivity index (χ1v) is 1.83. The summed E-state index contributed by atoms with van der Waals surface area (Å²) in [5, 5.41) is 9.49. The molecular weight excluding hydrogens is 90.1 g/mol.